The molecule has 0 bridgehead atoms. The van der Waals surface area contributed by atoms with Crippen LogP contribution in [0.2, 0.25) is 0 Å². The van der Waals surface area contributed by atoms with Crippen molar-refractivity contribution < 1.29 is 39.6 Å². The van der Waals surface area contributed by atoms with Gasteiger partial charge in [-0.3, -0.25) is 29.0 Å². The van der Waals surface area contributed by atoms with Gasteiger partial charge in [-0.25, -0.2) is 0 Å². The fourth-order valence-corrected chi connectivity index (χ4v) is 1.48. The molecule has 0 aliphatic rings. The summed E-state index contributed by atoms with van der Waals surface area (Å²) >= 11 is 0. The van der Waals surface area contributed by atoms with Crippen LogP contribution in [0.15, 0.2) is 0 Å². The van der Waals surface area contributed by atoms with Crippen LogP contribution in [0.1, 0.15) is 0 Å². The van der Waals surface area contributed by atoms with E-state index in [-0.39, 0.29) is 118 Å². The van der Waals surface area contributed by atoms with Crippen molar-refractivity contribution in [1.82, 2.24) is 9.80 Å². The molecular formula is C10H20N2Na2O8Sr. The molecule has 0 saturated heterocycles. The van der Waals surface area contributed by atoms with Crippen LogP contribution in [-0.2, 0) is 19.2 Å². The number of nitrogens with zero attached hydrogens (tertiary/aromatic N) is 2. The molecule has 0 heterocycles. The number of carboxylic acid groups (broad SMARTS) is 4. The third-order valence-corrected chi connectivity index (χ3v) is 2.17. The van der Waals surface area contributed by atoms with Crippen molar-refractivity contribution in [2.75, 3.05) is 39.3 Å². The van der Waals surface area contributed by atoms with Gasteiger partial charge in [0.15, 0.2) is 0 Å². The Morgan fingerprint density at radius 1 is 0.565 bits per heavy atom. The zero-order chi connectivity index (χ0) is 15.7. The van der Waals surface area contributed by atoms with Gasteiger partial charge in [0.1, 0.15) is 0 Å². The summed E-state index contributed by atoms with van der Waals surface area (Å²) in [4.78, 5) is 44.4. The summed E-state index contributed by atoms with van der Waals surface area (Å²) in [5.74, 6) is -4.91. The van der Waals surface area contributed by atoms with Gasteiger partial charge >= 0.3 is 128 Å². The van der Waals surface area contributed by atoms with Crippen LogP contribution in [0.4, 0.5) is 0 Å². The van der Waals surface area contributed by atoms with Gasteiger partial charge in [0, 0.05) is 13.1 Å². The van der Waals surface area contributed by atoms with E-state index in [1.807, 2.05) is 0 Å². The van der Waals surface area contributed by atoms with E-state index in [2.05, 4.69) is 0 Å². The third-order valence-electron chi connectivity index (χ3n) is 2.17. The molecule has 10 nitrogen and oxygen atoms in total. The molecule has 0 aromatic rings. The summed E-state index contributed by atoms with van der Waals surface area (Å²) in [7, 11) is 0. The van der Waals surface area contributed by atoms with Crippen molar-refractivity contribution in [2.45, 2.75) is 0 Å². The van der Waals surface area contributed by atoms with Gasteiger partial charge < -0.3 is 20.4 Å². The van der Waals surface area contributed by atoms with Crippen molar-refractivity contribution in [1.29, 1.82) is 0 Å². The first-order valence-electron chi connectivity index (χ1n) is 5.52. The van der Waals surface area contributed by atoms with Crippen LogP contribution in [0.25, 0.3) is 0 Å². The van der Waals surface area contributed by atoms with Gasteiger partial charge in [-0.15, -0.1) is 0 Å². The summed E-state index contributed by atoms with van der Waals surface area (Å²) in [6.07, 6.45) is 0. The standard InChI is InChI=1S/C10H16N2O8.2Na.Sr.4H/c13-7(14)3-11(4-8(15)16)1-2-12(5-9(17)18)6-10(19)20;;;;;;;/h1-6H2,(H,13,14)(H,15,16)(H,17,18)(H,19,20);;;;;;;. The predicted molar refractivity (Wildman–Crippen MR) is 86.3 cm³/mol. The second kappa shape index (κ2) is 18.1. The van der Waals surface area contributed by atoms with Crippen LogP contribution < -0.4 is 0 Å². The van der Waals surface area contributed by atoms with Gasteiger partial charge in [0.25, 0.3) is 0 Å². The molecule has 0 aromatic heterocycles. The average molecular weight is 430 g/mol. The molecule has 0 radical (unpaired) electrons. The van der Waals surface area contributed by atoms with E-state index >= 15 is 0 Å². The normalized spacial score (nSPS) is 9.30. The van der Waals surface area contributed by atoms with E-state index in [0.29, 0.717) is 0 Å². The van der Waals surface area contributed by atoms with E-state index in [9.17, 15) is 19.2 Å². The molecule has 0 fully saturated rings. The summed E-state index contributed by atoms with van der Waals surface area (Å²) in [5, 5.41) is 34.5. The van der Waals surface area contributed by atoms with E-state index in [1.54, 1.807) is 0 Å². The minimum atomic E-state index is -1.23. The first-order valence-corrected chi connectivity index (χ1v) is 5.52. The molecule has 0 spiro atoms. The molecule has 0 aromatic carbocycles. The average Bonchev–Trinajstić information content (AvgIpc) is 2.22. The van der Waals surface area contributed by atoms with E-state index < -0.39 is 50.1 Å². The number of hydrogen-bond donors (Lipinski definition) is 4. The first-order chi connectivity index (χ1) is 9.20. The van der Waals surface area contributed by atoms with Crippen LogP contribution in [-0.4, -0.2) is 198 Å². The van der Waals surface area contributed by atoms with Gasteiger partial charge in [-0.2, -0.15) is 0 Å². The van der Waals surface area contributed by atoms with E-state index in [4.69, 9.17) is 20.4 Å². The first kappa shape index (κ1) is 32.0. The number of hydrogen-bond acceptors (Lipinski definition) is 6. The van der Waals surface area contributed by atoms with Gasteiger partial charge in [0.2, 0.25) is 0 Å². The summed E-state index contributed by atoms with van der Waals surface area (Å²) in [6, 6.07) is 0. The van der Waals surface area contributed by atoms with Crippen molar-refractivity contribution >= 4 is 128 Å². The Morgan fingerprint density at radius 2 is 0.739 bits per heavy atom. The molecule has 0 aliphatic heterocycles. The molecule has 0 rings (SSSR count). The fourth-order valence-electron chi connectivity index (χ4n) is 1.48. The maximum absolute atomic E-state index is 10.6. The topological polar surface area (TPSA) is 156 Å². The monoisotopic (exact) mass is 430 g/mol. The zero-order valence-electron chi connectivity index (χ0n) is 10.6. The van der Waals surface area contributed by atoms with Crippen LogP contribution in [0.3, 0.4) is 0 Å². The summed E-state index contributed by atoms with van der Waals surface area (Å²) < 4.78 is 0. The van der Waals surface area contributed by atoms with Crippen LogP contribution in [0, 0.1) is 0 Å². The quantitative estimate of drug-likeness (QED) is 0.237. The van der Waals surface area contributed by atoms with Crippen molar-refractivity contribution in [3.05, 3.63) is 0 Å². The molecule has 0 amide bonds. The summed E-state index contributed by atoms with van der Waals surface area (Å²) in [6.45, 7) is -2.25. The number of rotatable bonds is 11. The zero-order valence-corrected chi connectivity index (χ0v) is 10.6. The second-order valence-electron chi connectivity index (χ2n) is 4.00. The number of aliphatic carboxylic acids is 4. The van der Waals surface area contributed by atoms with Gasteiger partial charge in [-0.1, -0.05) is 0 Å². The molecule has 23 heavy (non-hydrogen) atoms. The van der Waals surface area contributed by atoms with E-state index in [1.165, 1.54) is 0 Å². The Morgan fingerprint density at radius 3 is 0.870 bits per heavy atom. The molecule has 122 valence electrons. The molecule has 0 unspecified atom stereocenters. The Bertz CT molecular complexity index is 331. The minimum absolute atomic E-state index is 0. The molecule has 0 aliphatic carbocycles. The van der Waals surface area contributed by atoms with Crippen LogP contribution >= 0.6 is 0 Å². The Hall–Kier alpha value is 1.28. The molecular weight excluding hydrogens is 410 g/mol. The van der Waals surface area contributed by atoms with Crippen molar-refractivity contribution in [2.24, 2.45) is 0 Å². The second-order valence-corrected chi connectivity index (χ2v) is 4.00. The number of carbonyl (C=O) groups is 4. The third kappa shape index (κ3) is 21.2. The predicted octanol–water partition coefficient (Wildman–Crippen LogP) is -4.28. The van der Waals surface area contributed by atoms with Crippen LogP contribution in [0.5, 0.6) is 0 Å². The number of carboxylic acids is 4. The molecule has 0 atom stereocenters. The SMILES string of the molecule is O=C(O)CN(CCN(CC(=O)O)CC(=O)O)CC(=O)O.[NaH].[NaH].[SrH2]. The van der Waals surface area contributed by atoms with Crippen molar-refractivity contribution in [3.63, 3.8) is 0 Å². The molecule has 13 heteroatoms. The van der Waals surface area contributed by atoms with Gasteiger partial charge in [-0.05, 0) is 0 Å². The summed E-state index contributed by atoms with van der Waals surface area (Å²) in [5.41, 5.74) is 0. The Balaban J connectivity index is -0.000000602. The van der Waals surface area contributed by atoms with E-state index in [0.717, 1.165) is 9.80 Å². The molecule has 4 N–H and O–H groups in total. The molecule has 0 saturated carbocycles. The Kier molecular flexibility index (Phi) is 25.2. The maximum atomic E-state index is 10.6. The Labute approximate surface area is 214 Å². The fraction of sp³-hybridized carbons (Fsp3) is 0.600. The van der Waals surface area contributed by atoms with Gasteiger partial charge in [0.05, 0.1) is 26.2 Å². The van der Waals surface area contributed by atoms with Crippen molar-refractivity contribution in [3.8, 4) is 0 Å².